The summed E-state index contributed by atoms with van der Waals surface area (Å²) in [5.74, 6) is 1.44. The second-order valence-electron chi connectivity index (χ2n) is 7.81. The van der Waals surface area contributed by atoms with Crippen LogP contribution in [-0.2, 0) is 9.53 Å². The largest absolute Gasteiger partial charge is 0.496 e. The Morgan fingerprint density at radius 3 is 2.82 bits per heavy atom. The molecule has 1 aromatic heterocycles. The zero-order valence-electron chi connectivity index (χ0n) is 16.3. The molecule has 1 fully saturated rings. The molecule has 2 aromatic rings. The van der Waals surface area contributed by atoms with E-state index in [1.807, 2.05) is 42.8 Å². The van der Waals surface area contributed by atoms with Gasteiger partial charge in [-0.3, -0.25) is 19.4 Å². The van der Waals surface area contributed by atoms with Crippen LogP contribution < -0.4 is 15.6 Å². The van der Waals surface area contributed by atoms with Crippen molar-refractivity contribution in [2.75, 3.05) is 24.8 Å². The first-order valence-electron chi connectivity index (χ1n) is 9.42. The third-order valence-electron chi connectivity index (χ3n) is 5.32. The highest BCUT2D eigenvalue weighted by molar-refractivity contribution is 8.00. The van der Waals surface area contributed by atoms with Gasteiger partial charge in [-0.1, -0.05) is 18.2 Å². The van der Waals surface area contributed by atoms with Crippen molar-refractivity contribution in [1.29, 1.82) is 0 Å². The van der Waals surface area contributed by atoms with Gasteiger partial charge in [-0.2, -0.15) is 0 Å². The Bertz CT molecular complexity index is 949. The molecule has 150 valence electrons. The number of fused-ring (bicyclic) bond motifs is 1. The number of hydrogen-bond acceptors (Lipinski definition) is 5. The Morgan fingerprint density at radius 1 is 1.29 bits per heavy atom. The van der Waals surface area contributed by atoms with Gasteiger partial charge in [0.25, 0.3) is 5.56 Å². The van der Waals surface area contributed by atoms with E-state index in [9.17, 15) is 9.59 Å². The van der Waals surface area contributed by atoms with Gasteiger partial charge in [0.1, 0.15) is 11.6 Å². The summed E-state index contributed by atoms with van der Waals surface area (Å²) >= 11 is 1.44. The van der Waals surface area contributed by atoms with Crippen LogP contribution in [0, 0.1) is 0 Å². The lowest BCUT2D eigenvalue weighted by molar-refractivity contribution is -0.113. The quantitative estimate of drug-likeness (QED) is 0.823. The van der Waals surface area contributed by atoms with E-state index in [1.54, 1.807) is 7.11 Å². The maximum Gasteiger partial charge on any atom is 0.270 e. The summed E-state index contributed by atoms with van der Waals surface area (Å²) in [6.45, 7) is 4.71. The van der Waals surface area contributed by atoms with Gasteiger partial charge in [0.15, 0.2) is 0 Å². The average molecular weight is 404 g/mol. The number of carbonyl (C=O) groups is 1. The van der Waals surface area contributed by atoms with Crippen LogP contribution in [0.1, 0.15) is 49.1 Å². The number of ether oxygens (including phenoxy) is 2. The zero-order chi connectivity index (χ0) is 19.9. The van der Waals surface area contributed by atoms with Crippen LogP contribution in [0.15, 0.2) is 29.1 Å². The van der Waals surface area contributed by atoms with E-state index in [0.29, 0.717) is 23.7 Å². The van der Waals surface area contributed by atoms with Gasteiger partial charge < -0.3 is 14.8 Å². The molecule has 0 spiro atoms. The number of anilines is 1. The first kappa shape index (κ1) is 19.1. The second-order valence-corrected chi connectivity index (χ2v) is 8.90. The Morgan fingerprint density at radius 2 is 2.07 bits per heavy atom. The highest BCUT2D eigenvalue weighted by Crippen LogP contribution is 2.44. The van der Waals surface area contributed by atoms with Crippen molar-refractivity contribution in [2.45, 2.75) is 43.6 Å². The molecule has 0 radical (unpaired) electrons. The van der Waals surface area contributed by atoms with Crippen molar-refractivity contribution in [3.8, 4) is 5.75 Å². The number of aromatic nitrogens is 2. The predicted molar refractivity (Wildman–Crippen MR) is 109 cm³/mol. The second kappa shape index (κ2) is 7.33. The van der Waals surface area contributed by atoms with Crippen molar-refractivity contribution in [3.63, 3.8) is 0 Å². The Labute approximate surface area is 167 Å². The van der Waals surface area contributed by atoms with Gasteiger partial charge in [0, 0.05) is 12.2 Å². The van der Waals surface area contributed by atoms with E-state index in [-0.39, 0.29) is 34.1 Å². The fourth-order valence-electron chi connectivity index (χ4n) is 4.07. The predicted octanol–water partition coefficient (Wildman–Crippen LogP) is 3.09. The molecule has 7 nitrogen and oxygen atoms in total. The molecular formula is C20H25N3O4S. The fraction of sp³-hybridized carbons (Fsp3) is 0.500. The van der Waals surface area contributed by atoms with Gasteiger partial charge in [-0.25, -0.2) is 0 Å². The van der Waals surface area contributed by atoms with Crippen LogP contribution in [0.3, 0.4) is 0 Å². The van der Waals surface area contributed by atoms with Crippen molar-refractivity contribution in [2.24, 2.45) is 0 Å². The normalized spacial score (nSPS) is 24.2. The highest BCUT2D eigenvalue weighted by atomic mass is 32.2. The van der Waals surface area contributed by atoms with Gasteiger partial charge >= 0.3 is 0 Å². The molecule has 1 saturated heterocycles. The van der Waals surface area contributed by atoms with Crippen molar-refractivity contribution in [1.82, 2.24) is 9.78 Å². The van der Waals surface area contributed by atoms with Gasteiger partial charge in [0.05, 0.1) is 35.3 Å². The van der Waals surface area contributed by atoms with Crippen LogP contribution in [-0.4, -0.2) is 40.8 Å². The third kappa shape index (κ3) is 3.46. The number of para-hydroxylation sites is 1. The van der Waals surface area contributed by atoms with E-state index in [1.165, 1.54) is 11.8 Å². The van der Waals surface area contributed by atoms with Gasteiger partial charge in [0.2, 0.25) is 5.91 Å². The Balaban J connectivity index is 1.83. The number of aromatic amines is 1. The molecule has 8 heteroatoms. The smallest absolute Gasteiger partial charge is 0.270 e. The topological polar surface area (TPSA) is 85.4 Å². The van der Waals surface area contributed by atoms with E-state index >= 15 is 0 Å². The van der Waals surface area contributed by atoms with E-state index in [0.717, 1.165) is 18.4 Å². The standard InChI is InChI=1S/C20H25N3O4S/c1-20(2)10-12(8-9-27-20)23-18-16(19(25)22-23)17(28-11-15(24)21-18)13-6-4-5-7-14(13)26-3/h4-7,12,17H,8-11H2,1-3H3,(H,21,24)(H,22,25)/t12-,17-/m1/s1. The highest BCUT2D eigenvalue weighted by Gasteiger charge is 2.36. The average Bonchev–Trinajstić information content (AvgIpc) is 2.87. The molecule has 2 N–H and O–H groups in total. The molecule has 2 aliphatic heterocycles. The number of hydrogen-bond donors (Lipinski definition) is 2. The number of H-pyrrole nitrogens is 1. The van der Waals surface area contributed by atoms with Crippen LogP contribution in [0.25, 0.3) is 0 Å². The first-order chi connectivity index (χ1) is 13.4. The van der Waals surface area contributed by atoms with E-state index in [2.05, 4.69) is 10.4 Å². The lowest BCUT2D eigenvalue weighted by Crippen LogP contribution is -2.36. The number of methoxy groups -OCH3 is 1. The minimum atomic E-state index is -0.289. The molecule has 2 aliphatic rings. The van der Waals surface area contributed by atoms with E-state index in [4.69, 9.17) is 9.47 Å². The molecule has 4 rings (SSSR count). The molecular weight excluding hydrogens is 378 g/mol. The summed E-state index contributed by atoms with van der Waals surface area (Å²) in [5, 5.41) is 5.66. The molecule has 0 unspecified atom stereocenters. The monoisotopic (exact) mass is 403 g/mol. The molecule has 1 aromatic carbocycles. The van der Waals surface area contributed by atoms with Crippen LogP contribution in [0.4, 0.5) is 5.82 Å². The number of amides is 1. The number of benzene rings is 1. The maximum absolute atomic E-state index is 13.0. The molecule has 2 atom stereocenters. The molecule has 0 bridgehead atoms. The summed E-state index contributed by atoms with van der Waals surface area (Å²) in [4.78, 5) is 25.5. The Hall–Kier alpha value is -2.19. The van der Waals surface area contributed by atoms with E-state index < -0.39 is 0 Å². The van der Waals surface area contributed by atoms with Gasteiger partial charge in [-0.15, -0.1) is 11.8 Å². The molecule has 1 amide bonds. The number of nitrogens with one attached hydrogen (secondary N) is 2. The van der Waals surface area contributed by atoms with Crippen LogP contribution in [0.2, 0.25) is 0 Å². The summed E-state index contributed by atoms with van der Waals surface area (Å²) < 4.78 is 13.2. The van der Waals surface area contributed by atoms with Crippen molar-refractivity contribution in [3.05, 3.63) is 45.7 Å². The third-order valence-corrected chi connectivity index (χ3v) is 6.57. The number of nitrogens with zero attached hydrogens (tertiary/aromatic N) is 1. The minimum absolute atomic E-state index is 0.0573. The molecule has 3 heterocycles. The summed E-state index contributed by atoms with van der Waals surface area (Å²) in [6, 6.07) is 7.70. The number of thioether (sulfide) groups is 1. The summed E-state index contributed by atoms with van der Waals surface area (Å²) in [6.07, 6.45) is 1.54. The van der Waals surface area contributed by atoms with Crippen molar-refractivity contribution >= 4 is 23.5 Å². The molecule has 0 saturated carbocycles. The molecule has 0 aliphatic carbocycles. The number of rotatable bonds is 3. The lowest BCUT2D eigenvalue weighted by Gasteiger charge is -2.36. The van der Waals surface area contributed by atoms with Gasteiger partial charge in [-0.05, 0) is 32.8 Å². The van der Waals surface area contributed by atoms with Crippen LogP contribution in [0.5, 0.6) is 5.75 Å². The fourth-order valence-corrected chi connectivity index (χ4v) is 5.22. The zero-order valence-corrected chi connectivity index (χ0v) is 17.1. The maximum atomic E-state index is 13.0. The lowest BCUT2D eigenvalue weighted by atomic mass is 9.94. The SMILES string of the molecule is COc1ccccc1[C@H]1SCC(=O)Nc2c1c(=O)[nH]n2[C@@H]1CCOC(C)(C)C1. The minimum Gasteiger partial charge on any atom is -0.496 e. The summed E-state index contributed by atoms with van der Waals surface area (Å²) in [5.41, 5.74) is 1.01. The Kier molecular flexibility index (Phi) is 5.01. The number of carbonyl (C=O) groups excluding carboxylic acids is 1. The first-order valence-corrected chi connectivity index (χ1v) is 10.5. The summed E-state index contributed by atoms with van der Waals surface area (Å²) in [7, 11) is 1.62. The van der Waals surface area contributed by atoms with Crippen LogP contribution >= 0.6 is 11.8 Å². The molecule has 28 heavy (non-hydrogen) atoms. The van der Waals surface area contributed by atoms with Crippen molar-refractivity contribution < 1.29 is 14.3 Å².